The fraction of sp³-hybridized carbons (Fsp3) is 0.556. The summed E-state index contributed by atoms with van der Waals surface area (Å²) in [5.74, 6) is -0.505. The van der Waals surface area contributed by atoms with Crippen LogP contribution in [0, 0.1) is 10.8 Å². The Labute approximate surface area is 222 Å². The number of benzene rings is 1. The van der Waals surface area contributed by atoms with E-state index in [1.165, 1.54) is 0 Å². The van der Waals surface area contributed by atoms with Crippen molar-refractivity contribution >= 4 is 29.7 Å². The van der Waals surface area contributed by atoms with E-state index in [1.807, 2.05) is 12.1 Å². The van der Waals surface area contributed by atoms with Crippen LogP contribution in [0.25, 0.3) is 5.69 Å². The zero-order chi connectivity index (χ0) is 26.8. The van der Waals surface area contributed by atoms with Crippen molar-refractivity contribution in [1.82, 2.24) is 20.0 Å². The zero-order valence-electron chi connectivity index (χ0n) is 21.8. The molecule has 2 aliphatic rings. The molecular weight excluding hydrogens is 494 g/mol. The van der Waals surface area contributed by atoms with E-state index in [0.717, 1.165) is 30.6 Å². The molecule has 1 aromatic carbocycles. The molecule has 1 fully saturated rings. The summed E-state index contributed by atoms with van der Waals surface area (Å²) in [4.78, 5) is 42.5. The quantitative estimate of drug-likeness (QED) is 0.333. The number of amides is 2. The molecule has 4 rings (SSSR count). The van der Waals surface area contributed by atoms with Crippen LogP contribution in [-0.2, 0) is 22.5 Å². The molecule has 0 radical (unpaired) electrons. The molecule has 2 heterocycles. The van der Waals surface area contributed by atoms with Crippen molar-refractivity contribution in [3.8, 4) is 5.69 Å². The lowest BCUT2D eigenvalue weighted by molar-refractivity contribution is 0.0515. The number of hydrogen-bond acceptors (Lipinski definition) is 6. The van der Waals surface area contributed by atoms with Crippen LogP contribution in [0.1, 0.15) is 68.7 Å². The molecule has 1 saturated carbocycles. The first kappa shape index (κ1) is 26.9. The third kappa shape index (κ3) is 6.05. The molecular formula is C27H34ClN5O4. The largest absolute Gasteiger partial charge is 0.461 e. The zero-order valence-corrected chi connectivity index (χ0v) is 22.6. The van der Waals surface area contributed by atoms with Crippen molar-refractivity contribution in [2.24, 2.45) is 15.8 Å². The summed E-state index contributed by atoms with van der Waals surface area (Å²) in [6.45, 7) is 9.59. The number of isocyanates is 1. The Kier molecular flexibility index (Phi) is 7.76. The van der Waals surface area contributed by atoms with Gasteiger partial charge in [-0.3, -0.25) is 0 Å². The Morgan fingerprint density at radius 2 is 1.97 bits per heavy atom. The van der Waals surface area contributed by atoms with E-state index in [1.54, 1.807) is 34.7 Å². The maximum absolute atomic E-state index is 13.4. The lowest BCUT2D eigenvalue weighted by Crippen LogP contribution is -2.52. The van der Waals surface area contributed by atoms with Gasteiger partial charge in [0, 0.05) is 29.6 Å². The molecule has 0 saturated heterocycles. The van der Waals surface area contributed by atoms with Crippen LogP contribution in [0.5, 0.6) is 0 Å². The number of hydrogen-bond donors (Lipinski definition) is 1. The van der Waals surface area contributed by atoms with E-state index in [-0.39, 0.29) is 41.7 Å². The molecule has 10 heteroatoms. The second kappa shape index (κ2) is 10.7. The number of nitrogens with zero attached hydrogens (tertiary/aromatic N) is 4. The molecule has 0 spiro atoms. The van der Waals surface area contributed by atoms with E-state index in [9.17, 15) is 14.4 Å². The van der Waals surface area contributed by atoms with Gasteiger partial charge in [-0.1, -0.05) is 32.4 Å². The maximum Gasteiger partial charge on any atom is 0.359 e. The number of nitrogens with one attached hydrogen (secondary N) is 1. The third-order valence-electron chi connectivity index (χ3n) is 7.18. The number of carbonyl (C=O) groups is 2. The van der Waals surface area contributed by atoms with Crippen molar-refractivity contribution in [2.45, 2.75) is 66.0 Å². The van der Waals surface area contributed by atoms with Gasteiger partial charge in [0.2, 0.25) is 6.08 Å². The molecule has 2 unspecified atom stereocenters. The lowest BCUT2D eigenvalue weighted by Gasteiger charge is -2.46. The van der Waals surface area contributed by atoms with Crippen LogP contribution >= 0.6 is 11.6 Å². The summed E-state index contributed by atoms with van der Waals surface area (Å²) < 4.78 is 7.01. The van der Waals surface area contributed by atoms with Gasteiger partial charge < -0.3 is 15.0 Å². The number of aliphatic imine (C=N–C) groups is 1. The number of esters is 1. The highest BCUT2D eigenvalue weighted by Gasteiger charge is 2.42. The Morgan fingerprint density at radius 1 is 1.24 bits per heavy atom. The Morgan fingerprint density at radius 3 is 2.65 bits per heavy atom. The van der Waals surface area contributed by atoms with Gasteiger partial charge in [-0.25, -0.2) is 24.1 Å². The fourth-order valence-corrected chi connectivity index (χ4v) is 6.22. The van der Waals surface area contributed by atoms with Crippen molar-refractivity contribution < 1.29 is 19.1 Å². The van der Waals surface area contributed by atoms with Crippen molar-refractivity contribution in [3.05, 3.63) is 46.2 Å². The molecule has 1 aliphatic heterocycles. The van der Waals surface area contributed by atoms with E-state index < -0.39 is 5.97 Å². The molecule has 1 aliphatic carbocycles. The highest BCUT2D eigenvalue weighted by atomic mass is 35.5. The standard InChI is InChI=1S/C27H34ClN5O4/c1-5-37-24(35)23-21-14-32(11-10-22(21)33(31-23)20-8-6-18(28)7-9-20)25(36)30-19-12-26(2,3)15-27(4,13-19)16-29-17-34/h6-9,19H,5,10-16H2,1-4H3,(H,30,36). The number of rotatable bonds is 6. The molecule has 2 atom stereocenters. The van der Waals surface area contributed by atoms with Gasteiger partial charge in [0.05, 0.1) is 31.1 Å². The van der Waals surface area contributed by atoms with E-state index in [4.69, 9.17) is 16.3 Å². The second-order valence-corrected chi connectivity index (χ2v) is 11.6. The molecule has 198 valence electrons. The highest BCUT2D eigenvalue weighted by Crippen LogP contribution is 2.46. The molecule has 37 heavy (non-hydrogen) atoms. The van der Waals surface area contributed by atoms with Crippen LogP contribution in [0.15, 0.2) is 29.3 Å². The van der Waals surface area contributed by atoms with Gasteiger partial charge >= 0.3 is 12.0 Å². The fourth-order valence-electron chi connectivity index (χ4n) is 6.10. The summed E-state index contributed by atoms with van der Waals surface area (Å²) in [6.07, 6.45) is 4.67. The predicted octanol–water partition coefficient (Wildman–Crippen LogP) is 4.69. The Hall–Kier alpha value is -3.16. The normalized spacial score (nSPS) is 22.5. The van der Waals surface area contributed by atoms with Gasteiger partial charge in [-0.15, -0.1) is 0 Å². The average Bonchev–Trinajstić information content (AvgIpc) is 3.21. The number of urea groups is 1. The minimum atomic E-state index is -0.505. The van der Waals surface area contributed by atoms with E-state index in [2.05, 4.69) is 36.2 Å². The summed E-state index contributed by atoms with van der Waals surface area (Å²) in [7, 11) is 0. The molecule has 1 aromatic heterocycles. The molecule has 1 N–H and O–H groups in total. The SMILES string of the molecule is CCOC(=O)c1nn(-c2ccc(Cl)cc2)c2c1CN(C(=O)NC1CC(C)(C)CC(C)(CN=C=O)C1)CC2. The summed E-state index contributed by atoms with van der Waals surface area (Å²) in [5.41, 5.74) is 2.40. The van der Waals surface area contributed by atoms with Crippen molar-refractivity contribution in [3.63, 3.8) is 0 Å². The van der Waals surface area contributed by atoms with Crippen LogP contribution in [0.4, 0.5) is 4.79 Å². The smallest absolute Gasteiger partial charge is 0.359 e. The van der Waals surface area contributed by atoms with Gasteiger partial charge in [-0.05, 0) is 61.3 Å². The summed E-state index contributed by atoms with van der Waals surface area (Å²) >= 11 is 6.06. The number of halogens is 1. The number of ether oxygens (including phenoxy) is 1. The first-order chi connectivity index (χ1) is 17.5. The van der Waals surface area contributed by atoms with Gasteiger partial charge in [0.1, 0.15) is 0 Å². The lowest BCUT2D eigenvalue weighted by atomic mass is 9.62. The second-order valence-electron chi connectivity index (χ2n) is 11.2. The first-order valence-electron chi connectivity index (χ1n) is 12.7. The maximum atomic E-state index is 13.4. The van der Waals surface area contributed by atoms with Gasteiger partial charge in [-0.2, -0.15) is 5.10 Å². The summed E-state index contributed by atoms with van der Waals surface area (Å²) in [6, 6.07) is 7.02. The van der Waals surface area contributed by atoms with Gasteiger partial charge in [0.15, 0.2) is 5.69 Å². The van der Waals surface area contributed by atoms with E-state index >= 15 is 0 Å². The average molecular weight is 528 g/mol. The number of fused-ring (bicyclic) bond motifs is 1. The monoisotopic (exact) mass is 527 g/mol. The predicted molar refractivity (Wildman–Crippen MR) is 140 cm³/mol. The van der Waals surface area contributed by atoms with Crippen molar-refractivity contribution in [2.75, 3.05) is 19.7 Å². The molecule has 2 aromatic rings. The first-order valence-corrected chi connectivity index (χ1v) is 13.0. The summed E-state index contributed by atoms with van der Waals surface area (Å²) in [5, 5.41) is 8.41. The Bertz CT molecular complexity index is 1220. The van der Waals surface area contributed by atoms with Crippen LogP contribution in [-0.4, -0.2) is 58.5 Å². The van der Waals surface area contributed by atoms with Crippen LogP contribution < -0.4 is 5.32 Å². The van der Waals surface area contributed by atoms with Crippen molar-refractivity contribution in [1.29, 1.82) is 0 Å². The highest BCUT2D eigenvalue weighted by molar-refractivity contribution is 6.30. The minimum absolute atomic E-state index is 0.00474. The van der Waals surface area contributed by atoms with Gasteiger partial charge in [0.25, 0.3) is 0 Å². The minimum Gasteiger partial charge on any atom is -0.461 e. The topological polar surface area (TPSA) is 106 Å². The van der Waals surface area contributed by atoms with Crippen LogP contribution in [0.2, 0.25) is 5.02 Å². The number of carbonyl (C=O) groups excluding carboxylic acids is 3. The third-order valence-corrected chi connectivity index (χ3v) is 7.43. The molecule has 9 nitrogen and oxygen atoms in total. The van der Waals surface area contributed by atoms with Crippen LogP contribution in [0.3, 0.4) is 0 Å². The Balaban J connectivity index is 1.56. The van der Waals surface area contributed by atoms with E-state index in [0.29, 0.717) is 30.1 Å². The molecule has 0 bridgehead atoms. The molecule has 2 amide bonds. The number of aromatic nitrogens is 2.